The molecule has 1 N–H and O–H groups in total. The highest BCUT2D eigenvalue weighted by Crippen LogP contribution is 2.55. The first-order valence-electron chi connectivity index (χ1n) is 14.1. The molecule has 1 fully saturated rings. The molecule has 36 heavy (non-hydrogen) atoms. The van der Waals surface area contributed by atoms with Crippen molar-refractivity contribution in [1.29, 1.82) is 0 Å². The van der Waals surface area contributed by atoms with Crippen molar-refractivity contribution in [1.82, 2.24) is 0 Å². The second-order valence-electron chi connectivity index (χ2n) is 12.7. The summed E-state index contributed by atoms with van der Waals surface area (Å²) in [6.07, 6.45) is 10.5. The summed E-state index contributed by atoms with van der Waals surface area (Å²) in [4.78, 5) is 2.57. The van der Waals surface area contributed by atoms with Crippen LogP contribution in [-0.4, -0.2) is 40.5 Å². The highest BCUT2D eigenvalue weighted by Gasteiger charge is 2.40. The summed E-state index contributed by atoms with van der Waals surface area (Å²) in [7, 11) is 4.75. The van der Waals surface area contributed by atoms with Crippen molar-refractivity contribution in [3.05, 3.63) is 70.3 Å². The second-order valence-corrected chi connectivity index (χ2v) is 12.7. The monoisotopic (exact) mass is 475 g/mol. The number of benzene rings is 3. The first kappa shape index (κ1) is 23.9. The van der Waals surface area contributed by atoms with Gasteiger partial charge in [-0.25, -0.2) is 0 Å². The van der Waals surface area contributed by atoms with E-state index in [9.17, 15) is 5.11 Å². The number of anilines is 1. The lowest BCUT2D eigenvalue weighted by molar-refractivity contribution is 0.208. The molecular formula is C32H39B2NO. The largest absolute Gasteiger partial charge is 0.396 e. The highest BCUT2D eigenvalue weighted by molar-refractivity contribution is 6.41. The Kier molecular flexibility index (Phi) is 5.68. The van der Waals surface area contributed by atoms with Crippen LogP contribution in [0.2, 0.25) is 5.21 Å². The van der Waals surface area contributed by atoms with E-state index in [2.05, 4.69) is 89.9 Å². The average molecular weight is 475 g/mol. The Bertz CT molecular complexity index is 1390. The van der Waals surface area contributed by atoms with Gasteiger partial charge in [0, 0.05) is 30.8 Å². The van der Waals surface area contributed by atoms with Crippen LogP contribution in [-0.2, 0) is 18.3 Å². The van der Waals surface area contributed by atoms with Crippen LogP contribution in [0.3, 0.4) is 0 Å². The zero-order chi connectivity index (χ0) is 25.2. The van der Waals surface area contributed by atoms with E-state index in [0.29, 0.717) is 5.92 Å². The average Bonchev–Trinajstić information content (AvgIpc) is 3.00. The number of rotatable bonds is 3. The Hall–Kier alpha value is -2.45. The van der Waals surface area contributed by atoms with Gasteiger partial charge < -0.3 is 10.0 Å². The number of nitrogens with zero attached hydrogens (tertiary/aromatic N) is 1. The summed E-state index contributed by atoms with van der Waals surface area (Å²) in [5, 5.41) is 13.0. The van der Waals surface area contributed by atoms with Crippen molar-refractivity contribution >= 4 is 38.2 Å². The molecule has 3 aliphatic rings. The van der Waals surface area contributed by atoms with Gasteiger partial charge >= 0.3 is 0 Å². The molecule has 3 aromatic rings. The fraction of sp³-hybridized carbons (Fsp3) is 0.438. The number of allylic oxidation sites excluding steroid dienone is 1. The van der Waals surface area contributed by atoms with Crippen LogP contribution in [0.1, 0.15) is 67.9 Å². The minimum Gasteiger partial charge on any atom is -0.396 e. The topological polar surface area (TPSA) is 23.5 Å². The summed E-state index contributed by atoms with van der Waals surface area (Å²) in [6.45, 7) is 9.48. The van der Waals surface area contributed by atoms with Crippen molar-refractivity contribution in [3.8, 4) is 11.1 Å². The molecule has 1 unspecified atom stereocenters. The Balaban J connectivity index is 1.69. The predicted octanol–water partition coefficient (Wildman–Crippen LogP) is 5.26. The van der Waals surface area contributed by atoms with Crippen LogP contribution in [0.5, 0.6) is 0 Å². The fourth-order valence-electron chi connectivity index (χ4n) is 7.27. The van der Waals surface area contributed by atoms with Gasteiger partial charge in [0.25, 0.3) is 0 Å². The maximum Gasteiger partial charge on any atom is 0.104 e. The Morgan fingerprint density at radius 3 is 2.69 bits per heavy atom. The van der Waals surface area contributed by atoms with Crippen LogP contribution in [0, 0.1) is 5.92 Å². The van der Waals surface area contributed by atoms with E-state index in [-0.39, 0.29) is 17.2 Å². The van der Waals surface area contributed by atoms with Gasteiger partial charge in [-0.05, 0) is 93.5 Å². The van der Waals surface area contributed by atoms with Crippen molar-refractivity contribution < 1.29 is 5.11 Å². The Morgan fingerprint density at radius 2 is 1.92 bits per heavy atom. The van der Waals surface area contributed by atoms with E-state index in [1.807, 2.05) is 0 Å². The summed E-state index contributed by atoms with van der Waals surface area (Å²) >= 11 is 0. The smallest absolute Gasteiger partial charge is 0.104 e. The maximum atomic E-state index is 9.92. The molecule has 2 nitrogen and oxygen atoms in total. The third-order valence-corrected chi connectivity index (χ3v) is 9.37. The van der Waals surface area contributed by atoms with E-state index in [1.54, 1.807) is 5.56 Å². The summed E-state index contributed by atoms with van der Waals surface area (Å²) < 4.78 is 0. The van der Waals surface area contributed by atoms with Gasteiger partial charge in [0.1, 0.15) is 15.7 Å². The van der Waals surface area contributed by atoms with E-state index >= 15 is 0 Å². The van der Waals surface area contributed by atoms with Crippen LogP contribution >= 0.6 is 0 Å². The Morgan fingerprint density at radius 1 is 1.11 bits per heavy atom. The molecule has 3 aromatic carbocycles. The van der Waals surface area contributed by atoms with E-state index in [4.69, 9.17) is 0 Å². The molecule has 1 atom stereocenters. The normalized spacial score (nSPS) is 21.7. The molecule has 1 aliphatic heterocycles. The van der Waals surface area contributed by atoms with E-state index < -0.39 is 0 Å². The first-order valence-corrected chi connectivity index (χ1v) is 14.1. The van der Waals surface area contributed by atoms with Gasteiger partial charge in [0.05, 0.1) is 0 Å². The van der Waals surface area contributed by atoms with Crippen molar-refractivity contribution in [2.75, 3.05) is 24.6 Å². The molecule has 4 heteroatoms. The van der Waals surface area contributed by atoms with Gasteiger partial charge in [-0.3, -0.25) is 0 Å². The molecule has 6 rings (SSSR count). The number of aliphatic hydroxyl groups is 1. The fourth-order valence-corrected chi connectivity index (χ4v) is 7.27. The zero-order valence-electron chi connectivity index (χ0n) is 22.7. The van der Waals surface area contributed by atoms with Gasteiger partial charge in [0.2, 0.25) is 0 Å². The maximum absolute atomic E-state index is 9.92. The lowest BCUT2D eigenvalue weighted by Gasteiger charge is -2.35. The molecular weight excluding hydrogens is 436 g/mol. The summed E-state index contributed by atoms with van der Waals surface area (Å²) in [5.74, 6) is 0.379. The van der Waals surface area contributed by atoms with Crippen LogP contribution in [0.4, 0.5) is 5.69 Å². The molecule has 0 amide bonds. The standard InChI is InChI=1S/C32H39B2NO/c1-4-21-16-25-22-11-13-32(33,34)14-12-23(22)30-29(24-9-5-6-10-27(24)31(30,2)3)26(25)17-28(21)35-15-7-8-20(18-35)19-36/h5-6,9-10,12,14,16-17,20,36H,4,7-8,11,13,15,18-19,33-34H2,1-3H3. The Labute approximate surface area is 218 Å². The van der Waals surface area contributed by atoms with Crippen molar-refractivity contribution in [2.45, 2.75) is 63.5 Å². The first-order chi connectivity index (χ1) is 17.2. The molecule has 0 spiro atoms. The minimum absolute atomic E-state index is 0.0281. The number of aliphatic hydroxyl groups excluding tert-OH is 1. The molecule has 184 valence electrons. The minimum atomic E-state index is -0.0281. The summed E-state index contributed by atoms with van der Waals surface area (Å²) in [5.41, 5.74) is 11.6. The number of aryl methyl sites for hydroxylation is 2. The van der Waals surface area contributed by atoms with Gasteiger partial charge in [0.15, 0.2) is 0 Å². The SMILES string of the molecule is BC1(B)C=Cc2c3c(c4cc(N5CCCC(CO)C5)c(CC)cc4c2CC1)-c1ccccc1C3(C)C. The third-order valence-electron chi connectivity index (χ3n) is 9.37. The highest BCUT2D eigenvalue weighted by atomic mass is 16.3. The van der Waals surface area contributed by atoms with Crippen molar-refractivity contribution in [2.24, 2.45) is 5.92 Å². The van der Waals surface area contributed by atoms with Gasteiger partial charge in [-0.2, -0.15) is 0 Å². The molecule has 0 bridgehead atoms. The molecule has 1 heterocycles. The van der Waals surface area contributed by atoms with E-state index in [1.165, 1.54) is 56.3 Å². The van der Waals surface area contributed by atoms with Crippen LogP contribution in [0.25, 0.3) is 28.0 Å². The number of hydrogen-bond acceptors (Lipinski definition) is 2. The van der Waals surface area contributed by atoms with Gasteiger partial charge in [-0.1, -0.05) is 68.8 Å². The third kappa shape index (κ3) is 3.59. The van der Waals surface area contributed by atoms with Crippen LogP contribution in [0.15, 0.2) is 42.5 Å². The molecule has 2 aliphatic carbocycles. The second kappa shape index (κ2) is 8.55. The summed E-state index contributed by atoms with van der Waals surface area (Å²) in [6, 6.07) is 14.2. The van der Waals surface area contributed by atoms with Crippen molar-refractivity contribution in [3.63, 3.8) is 0 Å². The van der Waals surface area contributed by atoms with E-state index in [0.717, 1.165) is 38.8 Å². The number of hydrogen-bond donors (Lipinski definition) is 1. The quantitative estimate of drug-likeness (QED) is 0.523. The molecule has 0 aromatic heterocycles. The van der Waals surface area contributed by atoms with Crippen LogP contribution < -0.4 is 4.90 Å². The number of fused-ring (bicyclic) bond motifs is 8. The van der Waals surface area contributed by atoms with Gasteiger partial charge in [-0.15, -0.1) is 0 Å². The predicted molar refractivity (Wildman–Crippen MR) is 160 cm³/mol. The zero-order valence-corrected chi connectivity index (χ0v) is 22.7. The number of piperidine rings is 1. The lowest BCUT2D eigenvalue weighted by Crippen LogP contribution is -2.37. The molecule has 0 saturated carbocycles. The molecule has 0 radical (unpaired) electrons. The molecule has 1 saturated heterocycles. The lowest BCUT2D eigenvalue weighted by atomic mass is 9.52.